The number of nitrogens with one attached hydrogen (secondary N) is 5. The number of alkyl halides is 1. The van der Waals surface area contributed by atoms with E-state index in [4.69, 9.17) is 4.74 Å². The molecule has 1 saturated carbocycles. The van der Waals surface area contributed by atoms with Crippen LogP contribution in [0, 0.1) is 5.92 Å². The van der Waals surface area contributed by atoms with Crippen molar-refractivity contribution in [3.63, 3.8) is 0 Å². The second-order valence-corrected chi connectivity index (χ2v) is 7.89. The minimum Gasteiger partial charge on any atom is -0.360 e. The molecule has 4 atom stereocenters. The van der Waals surface area contributed by atoms with Crippen LogP contribution in [0.15, 0.2) is 0 Å². The number of halogens is 1. The first-order valence-corrected chi connectivity index (χ1v) is 10.00. The van der Waals surface area contributed by atoms with Crippen LogP contribution >= 0.6 is 0 Å². The maximum atomic E-state index is 13.3. The van der Waals surface area contributed by atoms with Crippen LogP contribution in [-0.2, 0) is 4.74 Å². The Bertz CT molecular complexity index is 422. The van der Waals surface area contributed by atoms with E-state index in [0.29, 0.717) is 31.1 Å². The van der Waals surface area contributed by atoms with E-state index in [1.807, 2.05) is 0 Å². The highest BCUT2D eigenvalue weighted by Gasteiger charge is 2.34. The third-order valence-corrected chi connectivity index (χ3v) is 6.02. The summed E-state index contributed by atoms with van der Waals surface area (Å²) in [7, 11) is 0. The summed E-state index contributed by atoms with van der Waals surface area (Å²) in [4.78, 5) is 0. The number of piperazine rings is 1. The predicted octanol–water partition coefficient (Wildman–Crippen LogP) is -0.178. The summed E-state index contributed by atoms with van der Waals surface area (Å²) in [5, 5.41) is 16.4. The lowest BCUT2D eigenvalue weighted by molar-refractivity contribution is -0.0729. The van der Waals surface area contributed by atoms with Crippen molar-refractivity contribution in [1.82, 2.24) is 31.7 Å². The summed E-state index contributed by atoms with van der Waals surface area (Å²) in [6, 6.07) is 0. The van der Waals surface area contributed by atoms with E-state index >= 15 is 0 Å². The maximum Gasteiger partial charge on any atom is 0.108 e. The number of hydrogen-bond donors (Lipinski definition) is 5. The van der Waals surface area contributed by atoms with E-state index < -0.39 is 6.17 Å². The average molecular weight is 356 g/mol. The smallest absolute Gasteiger partial charge is 0.108 e. The van der Waals surface area contributed by atoms with Crippen LogP contribution in [0.1, 0.15) is 38.5 Å². The van der Waals surface area contributed by atoms with Crippen LogP contribution < -0.4 is 26.7 Å². The Kier molecular flexibility index (Phi) is 6.17. The third kappa shape index (κ3) is 4.68. The molecule has 144 valence electrons. The second-order valence-electron chi connectivity index (χ2n) is 7.89. The predicted molar refractivity (Wildman–Crippen MR) is 94.2 cm³/mol. The van der Waals surface area contributed by atoms with Gasteiger partial charge in [0.15, 0.2) is 0 Å². The number of nitrogens with zero attached hydrogens (tertiary/aromatic N) is 1. The van der Waals surface area contributed by atoms with Gasteiger partial charge in [-0.15, -0.1) is 0 Å². The van der Waals surface area contributed by atoms with E-state index in [2.05, 4.69) is 31.7 Å². The molecule has 3 aliphatic heterocycles. The molecular formula is C17H33FN6O. The summed E-state index contributed by atoms with van der Waals surface area (Å²) in [5.74, 6) is 0.625. The Morgan fingerprint density at radius 1 is 1.08 bits per heavy atom. The first-order chi connectivity index (χ1) is 12.3. The molecule has 4 rings (SSSR count). The van der Waals surface area contributed by atoms with Gasteiger partial charge in [0.25, 0.3) is 0 Å². The molecule has 8 heteroatoms. The van der Waals surface area contributed by atoms with Crippen LogP contribution in [0.25, 0.3) is 0 Å². The molecule has 7 nitrogen and oxygen atoms in total. The fraction of sp³-hybridized carbons (Fsp3) is 1.00. The fourth-order valence-corrected chi connectivity index (χ4v) is 4.52. The Hall–Kier alpha value is -0.350. The first kappa shape index (κ1) is 18.0. The van der Waals surface area contributed by atoms with E-state index in [9.17, 15) is 4.39 Å². The molecule has 1 aliphatic carbocycles. The number of rotatable bonds is 5. The Morgan fingerprint density at radius 2 is 1.96 bits per heavy atom. The normalized spacial score (nSPS) is 43.1. The van der Waals surface area contributed by atoms with Gasteiger partial charge in [-0.2, -0.15) is 0 Å². The summed E-state index contributed by atoms with van der Waals surface area (Å²) in [5.41, 5.74) is 3.41. The molecule has 0 amide bonds. The summed E-state index contributed by atoms with van der Waals surface area (Å²) in [6.45, 7) is 4.80. The molecule has 0 aromatic heterocycles. The topological polar surface area (TPSA) is 72.6 Å². The van der Waals surface area contributed by atoms with Gasteiger partial charge in [0.05, 0.1) is 25.1 Å². The summed E-state index contributed by atoms with van der Waals surface area (Å²) in [6.07, 6.45) is 5.73. The lowest BCUT2D eigenvalue weighted by Crippen LogP contribution is -2.65. The number of hydrazine groups is 1. The third-order valence-electron chi connectivity index (χ3n) is 6.02. The molecule has 0 aromatic carbocycles. The van der Waals surface area contributed by atoms with E-state index in [1.54, 1.807) is 0 Å². The van der Waals surface area contributed by atoms with Gasteiger partial charge in [-0.05, 0) is 57.5 Å². The number of fused-ring (bicyclic) bond motifs is 1. The Labute approximate surface area is 149 Å². The quantitative estimate of drug-likeness (QED) is 0.468. The Morgan fingerprint density at radius 3 is 2.84 bits per heavy atom. The number of piperidine rings is 1. The summed E-state index contributed by atoms with van der Waals surface area (Å²) >= 11 is 0. The molecule has 3 heterocycles. The van der Waals surface area contributed by atoms with Crippen LogP contribution in [0.3, 0.4) is 0 Å². The monoisotopic (exact) mass is 356 g/mol. The zero-order valence-corrected chi connectivity index (χ0v) is 15.0. The summed E-state index contributed by atoms with van der Waals surface area (Å²) < 4.78 is 19.5. The van der Waals surface area contributed by atoms with Crippen molar-refractivity contribution in [2.24, 2.45) is 5.92 Å². The minimum atomic E-state index is -0.613. The fourth-order valence-electron chi connectivity index (χ4n) is 4.52. The van der Waals surface area contributed by atoms with Crippen LogP contribution in [-0.4, -0.2) is 68.7 Å². The van der Waals surface area contributed by atoms with Gasteiger partial charge < -0.3 is 10.1 Å². The van der Waals surface area contributed by atoms with Gasteiger partial charge in [0.1, 0.15) is 12.4 Å². The average Bonchev–Trinajstić information content (AvgIpc) is 3.12. The van der Waals surface area contributed by atoms with Gasteiger partial charge in [-0.1, -0.05) is 0 Å². The molecule has 0 radical (unpaired) electrons. The van der Waals surface area contributed by atoms with Gasteiger partial charge in [-0.25, -0.2) is 14.8 Å². The number of hydrogen-bond acceptors (Lipinski definition) is 7. The van der Waals surface area contributed by atoms with Crippen molar-refractivity contribution >= 4 is 0 Å². The van der Waals surface area contributed by atoms with Crippen LogP contribution in [0.4, 0.5) is 4.39 Å². The molecule has 5 N–H and O–H groups in total. The Balaban J connectivity index is 1.20. The zero-order chi connectivity index (χ0) is 17.1. The molecule has 0 aromatic rings. The van der Waals surface area contributed by atoms with E-state index in [-0.39, 0.29) is 12.3 Å². The first-order valence-electron chi connectivity index (χ1n) is 10.00. The van der Waals surface area contributed by atoms with Gasteiger partial charge in [-0.3, -0.25) is 16.0 Å². The lowest BCUT2D eigenvalue weighted by Gasteiger charge is -2.39. The molecule has 0 bridgehead atoms. The van der Waals surface area contributed by atoms with Gasteiger partial charge in [0, 0.05) is 13.1 Å². The van der Waals surface area contributed by atoms with Crippen molar-refractivity contribution in [2.75, 3.05) is 32.8 Å². The molecule has 3 saturated heterocycles. The standard InChI is InChI=1S/C17H33FN6O/c18-13-1-3-14(4-2-13)25-17-7-12(5-6-20-17)8-21-15-9-19-10-16-22-11-23-24(15)16/h12-17,19-23H,1-11H2. The van der Waals surface area contributed by atoms with E-state index in [1.165, 1.54) is 6.42 Å². The molecule has 4 fully saturated rings. The number of ether oxygens (including phenoxy) is 1. The van der Waals surface area contributed by atoms with Crippen LogP contribution in [0.5, 0.6) is 0 Å². The highest BCUT2D eigenvalue weighted by Crippen LogP contribution is 2.26. The second kappa shape index (κ2) is 8.56. The van der Waals surface area contributed by atoms with E-state index in [0.717, 1.165) is 52.1 Å². The maximum absolute atomic E-state index is 13.3. The SMILES string of the molecule is FC1CCC(OC2CC(CNC3CNCC4NCNN43)CCN2)CC1. The van der Waals surface area contributed by atoms with Crippen molar-refractivity contribution in [3.8, 4) is 0 Å². The lowest BCUT2D eigenvalue weighted by atomic mass is 9.94. The van der Waals surface area contributed by atoms with Crippen molar-refractivity contribution in [2.45, 2.75) is 69.4 Å². The van der Waals surface area contributed by atoms with Gasteiger partial charge >= 0.3 is 0 Å². The molecule has 0 spiro atoms. The molecular weight excluding hydrogens is 323 g/mol. The largest absolute Gasteiger partial charge is 0.360 e. The van der Waals surface area contributed by atoms with Crippen molar-refractivity contribution < 1.29 is 9.13 Å². The highest BCUT2D eigenvalue weighted by molar-refractivity contribution is 4.87. The van der Waals surface area contributed by atoms with Crippen molar-refractivity contribution in [3.05, 3.63) is 0 Å². The van der Waals surface area contributed by atoms with Gasteiger partial charge in [0.2, 0.25) is 0 Å². The zero-order valence-electron chi connectivity index (χ0n) is 15.0. The highest BCUT2D eigenvalue weighted by atomic mass is 19.1. The molecule has 4 aliphatic rings. The van der Waals surface area contributed by atoms with Crippen molar-refractivity contribution in [1.29, 1.82) is 0 Å². The molecule has 25 heavy (non-hydrogen) atoms. The molecule has 4 unspecified atom stereocenters. The minimum absolute atomic E-state index is 0.130. The van der Waals surface area contributed by atoms with Crippen LogP contribution in [0.2, 0.25) is 0 Å².